The van der Waals surface area contributed by atoms with Crippen LogP contribution in [0.2, 0.25) is 0 Å². The maximum Gasteiger partial charge on any atom is 0.247 e. The van der Waals surface area contributed by atoms with E-state index in [9.17, 15) is 4.79 Å². The van der Waals surface area contributed by atoms with Crippen molar-refractivity contribution in [3.63, 3.8) is 0 Å². The molecule has 0 radical (unpaired) electrons. The number of aromatic nitrogens is 2. The predicted molar refractivity (Wildman–Crippen MR) is 79.9 cm³/mol. The quantitative estimate of drug-likeness (QED) is 0.900. The first-order valence-corrected chi connectivity index (χ1v) is 7.06. The number of amides is 1. The second-order valence-electron chi connectivity index (χ2n) is 5.63. The molecule has 6 nitrogen and oxygen atoms in total. The summed E-state index contributed by atoms with van der Waals surface area (Å²) in [6.45, 7) is 8.35. The van der Waals surface area contributed by atoms with Gasteiger partial charge in [-0.15, -0.1) is 0 Å². The first-order chi connectivity index (χ1) is 9.46. The summed E-state index contributed by atoms with van der Waals surface area (Å²) in [6, 6.07) is 1.91. The van der Waals surface area contributed by atoms with Gasteiger partial charge < -0.3 is 15.1 Å². The van der Waals surface area contributed by atoms with E-state index in [4.69, 9.17) is 0 Å². The van der Waals surface area contributed by atoms with E-state index in [0.29, 0.717) is 6.54 Å². The highest BCUT2D eigenvalue weighted by atomic mass is 16.2. The summed E-state index contributed by atoms with van der Waals surface area (Å²) < 4.78 is 0. The number of carbonyl (C=O) groups is 1. The zero-order chi connectivity index (χ0) is 14.8. The molecule has 1 N–H and O–H groups in total. The van der Waals surface area contributed by atoms with Crippen molar-refractivity contribution < 1.29 is 4.79 Å². The number of nitrogens with one attached hydrogen (secondary N) is 1. The summed E-state index contributed by atoms with van der Waals surface area (Å²) in [7, 11) is 1.84. The molecule has 0 unspecified atom stereocenters. The van der Waals surface area contributed by atoms with Crippen LogP contribution in [0.1, 0.15) is 27.2 Å². The van der Waals surface area contributed by atoms with Gasteiger partial charge in [0.05, 0.1) is 0 Å². The first kappa shape index (κ1) is 14.6. The number of piperazine rings is 1. The van der Waals surface area contributed by atoms with Gasteiger partial charge in [0, 0.05) is 32.7 Å². The normalized spacial score (nSPS) is 18.3. The molecule has 1 fully saturated rings. The summed E-state index contributed by atoms with van der Waals surface area (Å²) in [5.74, 6) is 1.72. The number of likely N-dealkylation sites (N-methyl/N-ethyl adjacent to an activating group) is 1. The first-order valence-electron chi connectivity index (χ1n) is 7.06. The van der Waals surface area contributed by atoms with Crippen molar-refractivity contribution in [3.05, 3.63) is 12.4 Å². The van der Waals surface area contributed by atoms with Crippen LogP contribution in [0.25, 0.3) is 0 Å². The van der Waals surface area contributed by atoms with Crippen molar-refractivity contribution in [2.45, 2.75) is 32.7 Å². The number of nitrogens with zero attached hydrogens (tertiary/aromatic N) is 4. The van der Waals surface area contributed by atoms with Gasteiger partial charge in [0.2, 0.25) is 5.91 Å². The Morgan fingerprint density at radius 1 is 1.35 bits per heavy atom. The number of anilines is 2. The molecule has 0 atom stereocenters. The van der Waals surface area contributed by atoms with Crippen LogP contribution in [0.15, 0.2) is 12.4 Å². The topological polar surface area (TPSA) is 61.4 Å². The Morgan fingerprint density at radius 3 is 2.80 bits per heavy atom. The summed E-state index contributed by atoms with van der Waals surface area (Å²) >= 11 is 0. The smallest absolute Gasteiger partial charge is 0.247 e. The maximum absolute atomic E-state index is 12.3. The molecule has 1 aromatic rings. The lowest BCUT2D eigenvalue weighted by Gasteiger charge is -2.45. The van der Waals surface area contributed by atoms with Gasteiger partial charge in [-0.1, -0.05) is 6.92 Å². The van der Waals surface area contributed by atoms with Gasteiger partial charge in [0.15, 0.2) is 0 Å². The zero-order valence-corrected chi connectivity index (χ0v) is 12.7. The van der Waals surface area contributed by atoms with Gasteiger partial charge in [0.1, 0.15) is 23.5 Å². The second kappa shape index (κ2) is 5.64. The van der Waals surface area contributed by atoms with Crippen LogP contribution in [-0.4, -0.2) is 53.0 Å². The number of carbonyl (C=O) groups excluding carboxylic acids is 1. The Morgan fingerprint density at radius 2 is 2.10 bits per heavy atom. The molecule has 1 aliphatic heterocycles. The standard InChI is InChI=1S/C14H23N5O/c1-5-6-15-11-9-12(17-10-16-11)19-8-7-18(4)13(20)14(19,2)3/h9-10H,5-8H2,1-4H3,(H,15,16,17). The van der Waals surface area contributed by atoms with Crippen LogP contribution in [0.3, 0.4) is 0 Å². The molecule has 0 bridgehead atoms. The van der Waals surface area contributed by atoms with E-state index in [1.165, 1.54) is 0 Å². The van der Waals surface area contributed by atoms with E-state index in [1.807, 2.05) is 31.9 Å². The van der Waals surface area contributed by atoms with E-state index in [2.05, 4.69) is 22.2 Å². The molecule has 1 aromatic heterocycles. The van der Waals surface area contributed by atoms with Crippen LogP contribution in [-0.2, 0) is 4.79 Å². The Balaban J connectivity index is 2.24. The van der Waals surface area contributed by atoms with Crippen molar-refractivity contribution in [2.75, 3.05) is 36.9 Å². The minimum absolute atomic E-state index is 0.116. The van der Waals surface area contributed by atoms with Gasteiger partial charge in [-0.2, -0.15) is 0 Å². The molecule has 0 spiro atoms. The highest BCUT2D eigenvalue weighted by Crippen LogP contribution is 2.27. The Labute approximate surface area is 120 Å². The zero-order valence-electron chi connectivity index (χ0n) is 12.7. The second-order valence-corrected chi connectivity index (χ2v) is 5.63. The van der Waals surface area contributed by atoms with E-state index in [0.717, 1.165) is 31.1 Å². The lowest BCUT2D eigenvalue weighted by Crippen LogP contribution is -2.62. The van der Waals surface area contributed by atoms with E-state index in [-0.39, 0.29) is 5.91 Å². The van der Waals surface area contributed by atoms with Crippen LogP contribution in [0.5, 0.6) is 0 Å². The predicted octanol–water partition coefficient (Wildman–Crippen LogP) is 1.36. The number of hydrogen-bond donors (Lipinski definition) is 1. The van der Waals surface area contributed by atoms with E-state index >= 15 is 0 Å². The molecule has 1 aliphatic rings. The summed E-state index contributed by atoms with van der Waals surface area (Å²) in [4.78, 5) is 24.7. The molecular formula is C14H23N5O. The average Bonchev–Trinajstić information content (AvgIpc) is 2.43. The van der Waals surface area contributed by atoms with Gasteiger partial charge in [-0.05, 0) is 20.3 Å². The molecule has 20 heavy (non-hydrogen) atoms. The molecule has 6 heteroatoms. The summed E-state index contributed by atoms with van der Waals surface area (Å²) in [6.07, 6.45) is 2.59. The molecule has 1 saturated heterocycles. The van der Waals surface area contributed by atoms with Crippen molar-refractivity contribution >= 4 is 17.5 Å². The van der Waals surface area contributed by atoms with Crippen molar-refractivity contribution in [1.82, 2.24) is 14.9 Å². The molecule has 110 valence electrons. The van der Waals surface area contributed by atoms with Gasteiger partial charge in [0.25, 0.3) is 0 Å². The minimum Gasteiger partial charge on any atom is -0.370 e. The van der Waals surface area contributed by atoms with Crippen molar-refractivity contribution in [3.8, 4) is 0 Å². The van der Waals surface area contributed by atoms with Crippen molar-refractivity contribution in [1.29, 1.82) is 0 Å². The lowest BCUT2D eigenvalue weighted by atomic mass is 9.98. The van der Waals surface area contributed by atoms with Crippen LogP contribution < -0.4 is 10.2 Å². The fourth-order valence-electron chi connectivity index (χ4n) is 2.46. The van der Waals surface area contributed by atoms with Crippen LogP contribution >= 0.6 is 0 Å². The highest BCUT2D eigenvalue weighted by Gasteiger charge is 2.41. The van der Waals surface area contributed by atoms with E-state index in [1.54, 1.807) is 11.2 Å². The SMILES string of the molecule is CCCNc1cc(N2CCN(C)C(=O)C2(C)C)ncn1. The lowest BCUT2D eigenvalue weighted by molar-refractivity contribution is -0.136. The molecule has 0 aromatic carbocycles. The molecular weight excluding hydrogens is 254 g/mol. The molecule has 1 amide bonds. The molecule has 2 heterocycles. The van der Waals surface area contributed by atoms with E-state index < -0.39 is 5.54 Å². The van der Waals surface area contributed by atoms with Gasteiger partial charge in [-0.25, -0.2) is 9.97 Å². The molecule has 0 saturated carbocycles. The largest absolute Gasteiger partial charge is 0.370 e. The Kier molecular flexibility index (Phi) is 4.11. The minimum atomic E-state index is -0.580. The average molecular weight is 277 g/mol. The van der Waals surface area contributed by atoms with Crippen molar-refractivity contribution in [2.24, 2.45) is 0 Å². The van der Waals surface area contributed by atoms with Crippen LogP contribution in [0.4, 0.5) is 11.6 Å². The molecule has 2 rings (SSSR count). The fraction of sp³-hybridized carbons (Fsp3) is 0.643. The Bertz CT molecular complexity index is 488. The van der Waals surface area contributed by atoms with Gasteiger partial charge in [-0.3, -0.25) is 4.79 Å². The number of rotatable bonds is 4. The third kappa shape index (κ3) is 2.69. The molecule has 0 aliphatic carbocycles. The fourth-order valence-corrected chi connectivity index (χ4v) is 2.46. The third-order valence-electron chi connectivity index (χ3n) is 3.69. The maximum atomic E-state index is 12.3. The van der Waals surface area contributed by atoms with Crippen LogP contribution in [0, 0.1) is 0 Å². The summed E-state index contributed by atoms with van der Waals surface area (Å²) in [5.41, 5.74) is -0.580. The monoisotopic (exact) mass is 277 g/mol. The van der Waals surface area contributed by atoms with Gasteiger partial charge >= 0.3 is 0 Å². The summed E-state index contributed by atoms with van der Waals surface area (Å²) in [5, 5.41) is 3.25. The third-order valence-corrected chi connectivity index (χ3v) is 3.69. The Hall–Kier alpha value is -1.85. The highest BCUT2D eigenvalue weighted by molar-refractivity contribution is 5.90. The number of hydrogen-bond acceptors (Lipinski definition) is 5.